The van der Waals surface area contributed by atoms with Gasteiger partial charge in [0.2, 0.25) is 0 Å². The van der Waals surface area contributed by atoms with E-state index < -0.39 is 23.2 Å². The van der Waals surface area contributed by atoms with E-state index in [0.717, 1.165) is 5.56 Å². The molecule has 1 saturated carbocycles. The lowest BCUT2D eigenvalue weighted by atomic mass is 9.63. The molecule has 0 spiro atoms. The molecule has 0 amide bonds. The summed E-state index contributed by atoms with van der Waals surface area (Å²) in [7, 11) is 1.27. The van der Waals surface area contributed by atoms with Gasteiger partial charge in [-0.1, -0.05) is 51.1 Å². The molecule has 1 aliphatic rings. The van der Waals surface area contributed by atoms with E-state index in [4.69, 9.17) is 4.74 Å². The number of benzene rings is 1. The second-order valence-electron chi connectivity index (χ2n) is 7.07. The van der Waals surface area contributed by atoms with Crippen LogP contribution in [0.1, 0.15) is 39.2 Å². The van der Waals surface area contributed by atoms with Gasteiger partial charge in [0.05, 0.1) is 13.7 Å². The first-order chi connectivity index (χ1) is 11.8. The van der Waals surface area contributed by atoms with E-state index in [0.29, 0.717) is 18.7 Å². The van der Waals surface area contributed by atoms with Crippen LogP contribution in [0.15, 0.2) is 35.3 Å². The van der Waals surface area contributed by atoms with Crippen LogP contribution in [0.4, 0.5) is 0 Å². The van der Waals surface area contributed by atoms with Gasteiger partial charge in [0.25, 0.3) is 0 Å². The first-order valence-electron chi connectivity index (χ1n) is 8.53. The molecule has 0 saturated heterocycles. The highest BCUT2D eigenvalue weighted by molar-refractivity contribution is 6.26. The minimum Gasteiger partial charge on any atom is -0.468 e. The lowest BCUT2D eigenvalue weighted by Gasteiger charge is -2.38. The highest BCUT2D eigenvalue weighted by Gasteiger charge is 2.52. The van der Waals surface area contributed by atoms with Crippen molar-refractivity contribution in [1.82, 2.24) is 0 Å². The second-order valence-corrected chi connectivity index (χ2v) is 7.07. The summed E-state index contributed by atoms with van der Waals surface area (Å²) in [6.07, 6.45) is 0.650. The maximum absolute atomic E-state index is 13.0. The molecule has 1 aromatic rings. The summed E-state index contributed by atoms with van der Waals surface area (Å²) >= 11 is 0. The first-order valence-corrected chi connectivity index (χ1v) is 8.53. The Kier molecular flexibility index (Phi) is 5.88. The third-order valence-electron chi connectivity index (χ3n) is 4.74. The molecule has 0 heterocycles. The van der Waals surface area contributed by atoms with Gasteiger partial charge in [0.15, 0.2) is 5.78 Å². The number of rotatable bonds is 5. The summed E-state index contributed by atoms with van der Waals surface area (Å²) in [6, 6.07) is 9.65. The third kappa shape index (κ3) is 4.03. The number of hydrogen-bond donors (Lipinski definition) is 0. The number of esters is 1. The zero-order chi connectivity index (χ0) is 18.6. The Labute approximate surface area is 148 Å². The summed E-state index contributed by atoms with van der Waals surface area (Å²) < 4.78 is 4.81. The van der Waals surface area contributed by atoms with Gasteiger partial charge in [0, 0.05) is 12.1 Å². The van der Waals surface area contributed by atoms with Crippen molar-refractivity contribution in [3.63, 3.8) is 0 Å². The molecule has 5 heteroatoms. The lowest BCUT2D eigenvalue weighted by molar-refractivity contribution is -0.159. The Morgan fingerprint density at radius 2 is 1.88 bits per heavy atom. The summed E-state index contributed by atoms with van der Waals surface area (Å²) in [5.41, 5.74) is 0.813. The molecule has 1 unspecified atom stereocenters. The monoisotopic (exact) mass is 343 g/mol. The number of methoxy groups -OCH3 is 1. The summed E-state index contributed by atoms with van der Waals surface area (Å²) in [5, 5.41) is 0. The molecule has 25 heavy (non-hydrogen) atoms. The van der Waals surface area contributed by atoms with E-state index in [1.54, 1.807) is 13.8 Å². The van der Waals surface area contributed by atoms with Crippen molar-refractivity contribution >= 4 is 23.2 Å². The second kappa shape index (κ2) is 7.72. The molecule has 2 atom stereocenters. The van der Waals surface area contributed by atoms with Crippen molar-refractivity contribution in [3.05, 3.63) is 35.9 Å². The van der Waals surface area contributed by atoms with Crippen LogP contribution in [0.5, 0.6) is 0 Å². The third-order valence-corrected chi connectivity index (χ3v) is 4.74. The zero-order valence-corrected chi connectivity index (χ0v) is 15.2. The molecule has 2 rings (SSSR count). The number of nitrogens with zero attached hydrogens (tertiary/aromatic N) is 1. The van der Waals surface area contributed by atoms with Crippen LogP contribution < -0.4 is 0 Å². The average molecular weight is 343 g/mol. The van der Waals surface area contributed by atoms with E-state index in [2.05, 4.69) is 4.99 Å². The average Bonchev–Trinajstić information content (AvgIpc) is 2.57. The van der Waals surface area contributed by atoms with Gasteiger partial charge in [0.1, 0.15) is 17.6 Å². The van der Waals surface area contributed by atoms with E-state index in [1.807, 2.05) is 37.3 Å². The summed E-state index contributed by atoms with van der Waals surface area (Å²) in [5.74, 6) is -3.00. The van der Waals surface area contributed by atoms with Crippen molar-refractivity contribution in [2.75, 3.05) is 7.11 Å². The lowest BCUT2D eigenvalue weighted by Crippen LogP contribution is -2.51. The molecule has 1 fully saturated rings. The Bertz CT molecular complexity index is 691. The molecule has 5 nitrogen and oxygen atoms in total. The normalized spacial score (nSPS) is 23.4. The zero-order valence-electron chi connectivity index (χ0n) is 15.2. The Morgan fingerprint density at radius 1 is 1.24 bits per heavy atom. The molecule has 0 bridgehead atoms. The Balaban J connectivity index is 2.32. The van der Waals surface area contributed by atoms with E-state index in [9.17, 15) is 14.4 Å². The number of Topliss-reactive ketones (excluding diaryl/α,β-unsaturated/α-hetero) is 2. The Hall–Kier alpha value is -2.30. The molecular weight excluding hydrogens is 318 g/mol. The summed E-state index contributed by atoms with van der Waals surface area (Å²) in [6.45, 7) is 5.80. The smallest absolute Gasteiger partial charge is 0.316 e. The molecular formula is C20H25NO4. The number of ether oxygens (including phenoxy) is 1. The molecule has 1 aromatic carbocycles. The van der Waals surface area contributed by atoms with Gasteiger partial charge in [-0.15, -0.1) is 0 Å². The van der Waals surface area contributed by atoms with Crippen molar-refractivity contribution < 1.29 is 19.1 Å². The molecule has 0 N–H and O–H groups in total. The van der Waals surface area contributed by atoms with Crippen LogP contribution in [0.25, 0.3) is 0 Å². The van der Waals surface area contributed by atoms with Crippen LogP contribution in [0.2, 0.25) is 0 Å². The van der Waals surface area contributed by atoms with Gasteiger partial charge in [-0.05, 0) is 17.4 Å². The highest BCUT2D eigenvalue weighted by Crippen LogP contribution is 2.40. The van der Waals surface area contributed by atoms with Crippen molar-refractivity contribution in [1.29, 1.82) is 0 Å². The number of carbonyl (C=O) groups excluding carboxylic acids is 3. The van der Waals surface area contributed by atoms with Crippen LogP contribution in [-0.4, -0.2) is 30.4 Å². The molecule has 0 aromatic heterocycles. The number of aliphatic imine (C=N–C) groups is 1. The van der Waals surface area contributed by atoms with Gasteiger partial charge in [-0.25, -0.2) is 0 Å². The van der Waals surface area contributed by atoms with E-state index in [1.165, 1.54) is 7.11 Å². The fourth-order valence-corrected chi connectivity index (χ4v) is 3.45. The molecule has 1 aliphatic carbocycles. The minimum absolute atomic E-state index is 0.160. The quantitative estimate of drug-likeness (QED) is 0.468. The van der Waals surface area contributed by atoms with Crippen molar-refractivity contribution in [3.8, 4) is 0 Å². The standard InChI is InChI=1S/C20H25NO4/c1-5-14(21-12-13-9-7-6-8-10-13)16-15(22)11-20(2,3)17(18(16)23)19(24)25-4/h6-10,16-17H,5,11-12H2,1-4H3/t16?,17-/m1/s1. The molecule has 0 radical (unpaired) electrons. The highest BCUT2D eigenvalue weighted by atomic mass is 16.5. The maximum Gasteiger partial charge on any atom is 0.316 e. The predicted molar refractivity (Wildman–Crippen MR) is 95.3 cm³/mol. The molecule has 134 valence electrons. The number of ketones is 2. The van der Waals surface area contributed by atoms with Gasteiger partial charge in [-0.3, -0.25) is 19.4 Å². The Morgan fingerprint density at radius 3 is 2.44 bits per heavy atom. The predicted octanol–water partition coefficient (Wildman–Crippen LogP) is 3.01. The van der Waals surface area contributed by atoms with Crippen LogP contribution >= 0.6 is 0 Å². The fraction of sp³-hybridized carbons (Fsp3) is 0.500. The minimum atomic E-state index is -0.939. The van der Waals surface area contributed by atoms with E-state index >= 15 is 0 Å². The first kappa shape index (κ1) is 19.0. The van der Waals surface area contributed by atoms with Crippen LogP contribution in [0, 0.1) is 17.3 Å². The van der Waals surface area contributed by atoms with Gasteiger partial charge >= 0.3 is 5.97 Å². The largest absolute Gasteiger partial charge is 0.468 e. The van der Waals surface area contributed by atoms with Crippen LogP contribution in [0.3, 0.4) is 0 Å². The summed E-state index contributed by atoms with van der Waals surface area (Å²) in [4.78, 5) is 42.3. The van der Waals surface area contributed by atoms with Crippen molar-refractivity contribution in [2.24, 2.45) is 22.2 Å². The van der Waals surface area contributed by atoms with E-state index in [-0.39, 0.29) is 18.0 Å². The van der Waals surface area contributed by atoms with Crippen LogP contribution in [-0.2, 0) is 25.7 Å². The fourth-order valence-electron chi connectivity index (χ4n) is 3.45. The maximum atomic E-state index is 13.0. The van der Waals surface area contributed by atoms with Gasteiger partial charge < -0.3 is 4.74 Å². The molecule has 0 aliphatic heterocycles. The topological polar surface area (TPSA) is 72.8 Å². The SMILES string of the molecule is CCC(=NCc1ccccc1)C1C(=O)CC(C)(C)[C@@H](C(=O)OC)C1=O. The van der Waals surface area contributed by atoms with Crippen molar-refractivity contribution in [2.45, 2.75) is 40.2 Å². The number of carbonyl (C=O) groups is 3. The number of hydrogen-bond acceptors (Lipinski definition) is 5. The van der Waals surface area contributed by atoms with Gasteiger partial charge in [-0.2, -0.15) is 0 Å².